The molecule has 34 heavy (non-hydrogen) atoms. The molecule has 0 spiro atoms. The number of nitrogens with zero attached hydrogens (tertiary/aromatic N) is 1. The van der Waals surface area contributed by atoms with E-state index in [9.17, 15) is 14.7 Å². The molecule has 0 aromatic heterocycles. The smallest absolute Gasteiger partial charge is 0.412 e. The Hall–Kier alpha value is -3.34. The Labute approximate surface area is 201 Å². The van der Waals surface area contributed by atoms with Crippen molar-refractivity contribution in [3.63, 3.8) is 0 Å². The molecule has 0 saturated carbocycles. The van der Waals surface area contributed by atoms with Crippen molar-refractivity contribution in [1.82, 2.24) is 5.32 Å². The van der Waals surface area contributed by atoms with Gasteiger partial charge in [0.2, 0.25) is 5.91 Å². The summed E-state index contributed by atoms with van der Waals surface area (Å²) in [4.78, 5) is 26.8. The van der Waals surface area contributed by atoms with Gasteiger partial charge in [0, 0.05) is 12.5 Å². The fraction of sp³-hybridized carbons (Fsp3) is 0.379. The maximum absolute atomic E-state index is 13.0. The average Bonchev–Trinajstić information content (AvgIpc) is 2.80. The van der Waals surface area contributed by atoms with Crippen molar-refractivity contribution < 1.29 is 14.7 Å². The summed E-state index contributed by atoms with van der Waals surface area (Å²) in [6.45, 7) is 8.26. The molecule has 0 bridgehead atoms. The van der Waals surface area contributed by atoms with Crippen molar-refractivity contribution in [2.45, 2.75) is 59.0 Å². The molecule has 2 unspecified atom stereocenters. The number of rotatable bonds is 5. The van der Waals surface area contributed by atoms with Gasteiger partial charge in [0.25, 0.3) is 0 Å². The lowest BCUT2D eigenvalue weighted by molar-refractivity contribution is -0.122. The maximum atomic E-state index is 13.0. The lowest BCUT2D eigenvalue weighted by atomic mass is 9.71. The number of hydrogen-bond donors (Lipinski definition) is 2. The molecule has 1 aliphatic heterocycles. The first-order valence-electron chi connectivity index (χ1n) is 12.0. The molecule has 5 nitrogen and oxygen atoms in total. The summed E-state index contributed by atoms with van der Waals surface area (Å²) in [6, 6.07) is 21.8. The van der Waals surface area contributed by atoms with E-state index in [2.05, 4.69) is 50.4 Å². The molecule has 0 aliphatic carbocycles. The second kappa shape index (κ2) is 9.49. The summed E-state index contributed by atoms with van der Waals surface area (Å²) in [5, 5.41) is 15.6. The molecule has 0 radical (unpaired) electrons. The Balaban J connectivity index is 1.50. The maximum Gasteiger partial charge on any atom is 0.412 e. The van der Waals surface area contributed by atoms with Gasteiger partial charge in [0.1, 0.15) is 0 Å². The van der Waals surface area contributed by atoms with Crippen LogP contribution in [0.15, 0.2) is 66.7 Å². The van der Waals surface area contributed by atoms with Gasteiger partial charge in [-0.2, -0.15) is 0 Å². The fourth-order valence-electron chi connectivity index (χ4n) is 5.59. The first kappa shape index (κ1) is 23.8. The minimum atomic E-state index is -0.939. The normalized spacial score (nSPS) is 18.9. The zero-order valence-corrected chi connectivity index (χ0v) is 20.4. The highest BCUT2D eigenvalue weighted by Crippen LogP contribution is 2.43. The third-order valence-corrected chi connectivity index (χ3v) is 6.96. The standard InChI is InChI=1S/C29H34N2O3/c1-19(23-14-9-12-20-10-5-7-13-24(20)23)30-26(32)17-16-22-18-21-11-6-8-15-25(21)31(28(33)34)27(22)29(2,3)4/h5-15,19,22,27H,16-18H2,1-4H3,(H,30,32)(H,33,34)/t19-,22?,27?/m1/s1. The molecule has 2 N–H and O–H groups in total. The Morgan fingerprint density at radius 2 is 1.71 bits per heavy atom. The van der Waals surface area contributed by atoms with Crippen LogP contribution < -0.4 is 10.2 Å². The van der Waals surface area contributed by atoms with Crippen molar-refractivity contribution >= 4 is 28.5 Å². The van der Waals surface area contributed by atoms with E-state index in [1.807, 2.05) is 49.4 Å². The molecule has 3 aromatic carbocycles. The zero-order chi connectivity index (χ0) is 24.5. The summed E-state index contributed by atoms with van der Waals surface area (Å²) in [5.74, 6) is 0.0541. The van der Waals surface area contributed by atoms with Gasteiger partial charge in [0.05, 0.1) is 11.7 Å². The highest BCUT2D eigenvalue weighted by molar-refractivity contribution is 5.89. The highest BCUT2D eigenvalue weighted by atomic mass is 16.4. The third kappa shape index (κ3) is 4.79. The second-order valence-corrected chi connectivity index (χ2v) is 10.5. The van der Waals surface area contributed by atoms with Crippen molar-refractivity contribution in [3.8, 4) is 0 Å². The minimum absolute atomic E-state index is 0.00572. The molecular formula is C29H34N2O3. The van der Waals surface area contributed by atoms with E-state index in [4.69, 9.17) is 0 Å². The molecule has 4 rings (SSSR count). The number of carbonyl (C=O) groups excluding carboxylic acids is 1. The van der Waals surface area contributed by atoms with E-state index >= 15 is 0 Å². The summed E-state index contributed by atoms with van der Waals surface area (Å²) in [6.07, 6.45) is 0.829. The molecule has 178 valence electrons. The van der Waals surface area contributed by atoms with E-state index in [1.54, 1.807) is 0 Å². The number of anilines is 1. The number of carboxylic acid groups (broad SMARTS) is 1. The second-order valence-electron chi connectivity index (χ2n) is 10.5. The SMILES string of the molecule is C[C@@H](NC(=O)CCC1Cc2ccccc2N(C(=O)O)C1C(C)(C)C)c1cccc2ccccc12. The van der Waals surface area contributed by atoms with Crippen LogP contribution in [0.25, 0.3) is 10.8 Å². The molecule has 3 atom stereocenters. The van der Waals surface area contributed by atoms with Gasteiger partial charge >= 0.3 is 6.09 Å². The largest absolute Gasteiger partial charge is 0.465 e. The van der Waals surface area contributed by atoms with E-state index in [0.717, 1.165) is 34.0 Å². The molecule has 0 saturated heterocycles. The first-order chi connectivity index (χ1) is 16.2. The van der Waals surface area contributed by atoms with Gasteiger partial charge in [-0.15, -0.1) is 0 Å². The topological polar surface area (TPSA) is 69.6 Å². The predicted molar refractivity (Wildman–Crippen MR) is 137 cm³/mol. The number of fused-ring (bicyclic) bond motifs is 2. The number of amides is 2. The van der Waals surface area contributed by atoms with Crippen LogP contribution >= 0.6 is 0 Å². The zero-order valence-electron chi connectivity index (χ0n) is 20.4. The lowest BCUT2D eigenvalue weighted by Crippen LogP contribution is -2.54. The van der Waals surface area contributed by atoms with E-state index in [0.29, 0.717) is 12.8 Å². The monoisotopic (exact) mass is 458 g/mol. The molecule has 2 amide bonds. The van der Waals surface area contributed by atoms with Crippen LogP contribution in [0.1, 0.15) is 57.7 Å². The number of nitrogens with one attached hydrogen (secondary N) is 1. The van der Waals surface area contributed by atoms with Crippen molar-refractivity contribution in [3.05, 3.63) is 77.9 Å². The van der Waals surface area contributed by atoms with Crippen LogP contribution in [-0.4, -0.2) is 23.1 Å². The van der Waals surface area contributed by atoms with Gasteiger partial charge in [-0.25, -0.2) is 4.79 Å². The predicted octanol–water partition coefficient (Wildman–Crippen LogP) is 6.57. The first-order valence-corrected chi connectivity index (χ1v) is 12.0. The Kier molecular flexibility index (Phi) is 6.65. The number of benzene rings is 3. The van der Waals surface area contributed by atoms with Crippen LogP contribution in [0.5, 0.6) is 0 Å². The van der Waals surface area contributed by atoms with Gasteiger partial charge in [0.15, 0.2) is 0 Å². The highest BCUT2D eigenvalue weighted by Gasteiger charge is 2.44. The lowest BCUT2D eigenvalue weighted by Gasteiger charge is -2.47. The summed E-state index contributed by atoms with van der Waals surface area (Å²) < 4.78 is 0. The van der Waals surface area contributed by atoms with Crippen molar-refractivity contribution in [1.29, 1.82) is 0 Å². The summed E-state index contributed by atoms with van der Waals surface area (Å²) >= 11 is 0. The molecule has 5 heteroatoms. The van der Waals surface area contributed by atoms with Gasteiger partial charge in [-0.1, -0.05) is 81.4 Å². The molecule has 1 heterocycles. The van der Waals surface area contributed by atoms with Gasteiger partial charge < -0.3 is 10.4 Å². The average molecular weight is 459 g/mol. The van der Waals surface area contributed by atoms with Crippen molar-refractivity contribution in [2.75, 3.05) is 4.90 Å². The fourth-order valence-corrected chi connectivity index (χ4v) is 5.59. The van der Waals surface area contributed by atoms with Crippen molar-refractivity contribution in [2.24, 2.45) is 11.3 Å². The van der Waals surface area contributed by atoms with E-state index < -0.39 is 6.09 Å². The Morgan fingerprint density at radius 3 is 2.44 bits per heavy atom. The van der Waals surface area contributed by atoms with Crippen LogP contribution in [-0.2, 0) is 11.2 Å². The quantitative estimate of drug-likeness (QED) is 0.454. The van der Waals surface area contributed by atoms with Crippen LogP contribution in [0.3, 0.4) is 0 Å². The number of hydrogen-bond acceptors (Lipinski definition) is 2. The van der Waals surface area contributed by atoms with E-state index in [1.165, 1.54) is 4.90 Å². The molecule has 1 aliphatic rings. The molecule has 3 aromatic rings. The molecule has 0 fully saturated rings. The van der Waals surface area contributed by atoms with Gasteiger partial charge in [-0.3, -0.25) is 9.69 Å². The summed E-state index contributed by atoms with van der Waals surface area (Å²) in [7, 11) is 0. The van der Waals surface area contributed by atoms with Gasteiger partial charge in [-0.05, 0) is 59.1 Å². The van der Waals surface area contributed by atoms with E-state index in [-0.39, 0.29) is 29.3 Å². The molecular weight excluding hydrogens is 424 g/mol. The minimum Gasteiger partial charge on any atom is -0.465 e. The Morgan fingerprint density at radius 1 is 1.03 bits per heavy atom. The third-order valence-electron chi connectivity index (χ3n) is 6.96. The Bertz CT molecular complexity index is 1190. The van der Waals surface area contributed by atoms with Crippen LogP contribution in [0, 0.1) is 11.3 Å². The van der Waals surface area contributed by atoms with Crippen LogP contribution in [0.4, 0.5) is 10.5 Å². The van der Waals surface area contributed by atoms with Crippen LogP contribution in [0.2, 0.25) is 0 Å². The summed E-state index contributed by atoms with van der Waals surface area (Å²) in [5.41, 5.74) is 2.63. The number of para-hydroxylation sites is 1. The number of carbonyl (C=O) groups is 2.